The van der Waals surface area contributed by atoms with E-state index in [4.69, 9.17) is 18.9 Å². The molecule has 1 fully saturated rings. The molecule has 2 aromatic rings. The van der Waals surface area contributed by atoms with Crippen LogP contribution in [-0.4, -0.2) is 32.2 Å². The van der Waals surface area contributed by atoms with E-state index in [0.717, 1.165) is 46.6 Å². The summed E-state index contributed by atoms with van der Waals surface area (Å²) in [5, 5.41) is 0. The van der Waals surface area contributed by atoms with Crippen molar-refractivity contribution in [2.75, 3.05) is 26.4 Å². The number of benzene rings is 2. The zero-order valence-corrected chi connectivity index (χ0v) is 21.0. The van der Waals surface area contributed by atoms with Gasteiger partial charge < -0.3 is 18.9 Å². The molecule has 0 aliphatic heterocycles. The molecule has 5 nitrogen and oxygen atoms in total. The molecule has 0 radical (unpaired) electrons. The quantitative estimate of drug-likeness (QED) is 0.364. The van der Waals surface area contributed by atoms with E-state index in [-0.39, 0.29) is 5.78 Å². The number of ketones is 1. The van der Waals surface area contributed by atoms with Gasteiger partial charge >= 0.3 is 0 Å². The van der Waals surface area contributed by atoms with Gasteiger partial charge in [0.05, 0.1) is 26.4 Å². The third-order valence-corrected chi connectivity index (χ3v) is 5.54. The summed E-state index contributed by atoms with van der Waals surface area (Å²) >= 11 is 0. The van der Waals surface area contributed by atoms with Crippen molar-refractivity contribution < 1.29 is 23.7 Å². The van der Waals surface area contributed by atoms with Crippen LogP contribution < -0.4 is 18.9 Å². The number of ether oxygens (including phenoxy) is 4. The van der Waals surface area contributed by atoms with Crippen molar-refractivity contribution >= 4 is 17.9 Å². The number of hydrogen-bond acceptors (Lipinski definition) is 5. The second-order valence-corrected chi connectivity index (χ2v) is 8.33. The van der Waals surface area contributed by atoms with E-state index >= 15 is 0 Å². The van der Waals surface area contributed by atoms with Gasteiger partial charge in [-0.1, -0.05) is 19.1 Å². The first-order valence-corrected chi connectivity index (χ1v) is 12.2. The predicted octanol–water partition coefficient (Wildman–Crippen LogP) is 6.75. The predicted molar refractivity (Wildman–Crippen MR) is 137 cm³/mol. The van der Waals surface area contributed by atoms with Gasteiger partial charge in [0.25, 0.3) is 0 Å². The second kappa shape index (κ2) is 12.3. The topological polar surface area (TPSA) is 54.0 Å². The first-order valence-electron chi connectivity index (χ1n) is 12.2. The van der Waals surface area contributed by atoms with Crippen LogP contribution >= 0.6 is 0 Å². The SMILES string of the molecule is CCOc1ccc(/C=C2/CC(C)C/C(=C\c3ccc(OCC)c(OCC)c3)C2=O)cc1OCC. The molecule has 0 spiro atoms. The zero-order chi connectivity index (χ0) is 24.5. The molecule has 0 aromatic heterocycles. The van der Waals surface area contributed by atoms with Crippen LogP contribution in [0.2, 0.25) is 0 Å². The fourth-order valence-corrected chi connectivity index (χ4v) is 4.18. The minimum absolute atomic E-state index is 0.0942. The van der Waals surface area contributed by atoms with Crippen molar-refractivity contribution in [2.45, 2.75) is 47.5 Å². The van der Waals surface area contributed by atoms with Gasteiger partial charge in [-0.15, -0.1) is 0 Å². The Hall–Kier alpha value is -3.21. The summed E-state index contributed by atoms with van der Waals surface area (Å²) in [6, 6.07) is 11.6. The minimum Gasteiger partial charge on any atom is -0.490 e. The average molecular weight is 465 g/mol. The van der Waals surface area contributed by atoms with Gasteiger partial charge in [0, 0.05) is 11.1 Å². The van der Waals surface area contributed by atoms with Crippen molar-refractivity contribution in [1.29, 1.82) is 0 Å². The number of rotatable bonds is 10. The molecule has 0 bridgehead atoms. The highest BCUT2D eigenvalue weighted by Crippen LogP contribution is 2.35. The Kier molecular flexibility index (Phi) is 9.20. The standard InChI is InChI=1S/C29H36O5/c1-6-31-25-12-10-21(18-27(25)33-8-3)16-23-14-20(5)15-24(29(23)30)17-22-11-13-26(32-7-2)28(19-22)34-9-4/h10-13,16-20H,6-9,14-15H2,1-5H3/b23-16-,24-17+. The highest BCUT2D eigenvalue weighted by Gasteiger charge is 2.25. The van der Waals surface area contributed by atoms with Gasteiger partial charge in [0.1, 0.15) is 0 Å². The number of carbonyl (C=O) groups excluding carboxylic acids is 1. The Balaban J connectivity index is 1.91. The monoisotopic (exact) mass is 464 g/mol. The molecule has 1 aliphatic rings. The number of carbonyl (C=O) groups is 1. The largest absolute Gasteiger partial charge is 0.490 e. The van der Waals surface area contributed by atoms with Crippen LogP contribution in [0.4, 0.5) is 0 Å². The summed E-state index contributed by atoms with van der Waals surface area (Å²) < 4.78 is 22.8. The van der Waals surface area contributed by atoms with Crippen molar-refractivity contribution in [2.24, 2.45) is 5.92 Å². The molecule has 0 heterocycles. The van der Waals surface area contributed by atoms with E-state index in [0.29, 0.717) is 43.8 Å². The molecule has 182 valence electrons. The summed E-state index contributed by atoms with van der Waals surface area (Å²) in [5.41, 5.74) is 3.49. The number of Topliss-reactive ketones (excluding diaryl/α,β-unsaturated/α-hetero) is 1. The Morgan fingerprint density at radius 2 is 1.06 bits per heavy atom. The van der Waals surface area contributed by atoms with E-state index in [1.54, 1.807) is 0 Å². The van der Waals surface area contributed by atoms with E-state index in [2.05, 4.69) is 6.92 Å². The lowest BCUT2D eigenvalue weighted by Gasteiger charge is -2.23. The molecule has 0 saturated heterocycles. The van der Waals surface area contributed by atoms with Crippen LogP contribution in [0.15, 0.2) is 47.5 Å². The average Bonchev–Trinajstić information content (AvgIpc) is 2.81. The molecule has 3 rings (SSSR count). The van der Waals surface area contributed by atoms with Crippen LogP contribution in [0.25, 0.3) is 12.2 Å². The highest BCUT2D eigenvalue weighted by molar-refractivity contribution is 6.14. The fraction of sp³-hybridized carbons (Fsp3) is 0.414. The molecular weight excluding hydrogens is 428 g/mol. The number of hydrogen-bond donors (Lipinski definition) is 0. The summed E-state index contributed by atoms with van der Waals surface area (Å²) in [6.07, 6.45) is 5.46. The van der Waals surface area contributed by atoms with Gasteiger partial charge in [-0.3, -0.25) is 4.79 Å². The lowest BCUT2D eigenvalue weighted by molar-refractivity contribution is -0.113. The van der Waals surface area contributed by atoms with Crippen molar-refractivity contribution in [3.8, 4) is 23.0 Å². The molecule has 1 atom stereocenters. The molecule has 1 unspecified atom stereocenters. The maximum Gasteiger partial charge on any atom is 0.185 e. The van der Waals surface area contributed by atoms with Gasteiger partial charge in [-0.05, 0) is 94.0 Å². The molecule has 2 aromatic carbocycles. The summed E-state index contributed by atoms with van der Waals surface area (Å²) in [4.78, 5) is 13.4. The molecule has 1 saturated carbocycles. The van der Waals surface area contributed by atoms with Crippen LogP contribution in [0.3, 0.4) is 0 Å². The molecule has 1 aliphatic carbocycles. The maximum atomic E-state index is 13.4. The van der Waals surface area contributed by atoms with Crippen LogP contribution in [0, 0.1) is 5.92 Å². The molecule has 0 amide bonds. The van der Waals surface area contributed by atoms with Gasteiger partial charge in [0.15, 0.2) is 28.8 Å². The molecule has 5 heteroatoms. The first-order chi connectivity index (χ1) is 16.5. The van der Waals surface area contributed by atoms with Gasteiger partial charge in [-0.25, -0.2) is 0 Å². The van der Waals surface area contributed by atoms with Crippen molar-refractivity contribution in [3.63, 3.8) is 0 Å². The Morgan fingerprint density at radius 1 is 0.676 bits per heavy atom. The van der Waals surface area contributed by atoms with Crippen molar-refractivity contribution in [1.82, 2.24) is 0 Å². The Labute approximate surface area is 203 Å². The smallest absolute Gasteiger partial charge is 0.185 e. The van der Waals surface area contributed by atoms with Crippen LogP contribution in [0.1, 0.15) is 58.6 Å². The summed E-state index contributed by atoms with van der Waals surface area (Å²) in [6.45, 7) is 12.2. The lowest BCUT2D eigenvalue weighted by atomic mass is 9.81. The Bertz CT molecular complexity index is 969. The van der Waals surface area contributed by atoms with E-state index < -0.39 is 0 Å². The molecular formula is C29H36O5. The van der Waals surface area contributed by atoms with Gasteiger partial charge in [0.2, 0.25) is 0 Å². The number of allylic oxidation sites excluding steroid dienone is 2. The highest BCUT2D eigenvalue weighted by atomic mass is 16.5. The van der Waals surface area contributed by atoms with Crippen molar-refractivity contribution in [3.05, 3.63) is 58.7 Å². The van der Waals surface area contributed by atoms with E-state index in [1.807, 2.05) is 76.2 Å². The van der Waals surface area contributed by atoms with E-state index in [9.17, 15) is 4.79 Å². The second-order valence-electron chi connectivity index (χ2n) is 8.33. The minimum atomic E-state index is 0.0942. The normalized spacial score (nSPS) is 18.3. The van der Waals surface area contributed by atoms with Crippen LogP contribution in [0.5, 0.6) is 23.0 Å². The van der Waals surface area contributed by atoms with Crippen LogP contribution in [-0.2, 0) is 4.79 Å². The Morgan fingerprint density at radius 3 is 1.44 bits per heavy atom. The first kappa shape index (κ1) is 25.4. The van der Waals surface area contributed by atoms with Gasteiger partial charge in [-0.2, -0.15) is 0 Å². The third-order valence-electron chi connectivity index (χ3n) is 5.54. The maximum absolute atomic E-state index is 13.4. The van der Waals surface area contributed by atoms with E-state index in [1.165, 1.54) is 0 Å². The zero-order valence-electron chi connectivity index (χ0n) is 21.0. The third kappa shape index (κ3) is 6.43. The summed E-state index contributed by atoms with van der Waals surface area (Å²) in [7, 11) is 0. The summed E-state index contributed by atoms with van der Waals surface area (Å²) in [5.74, 6) is 3.30. The lowest BCUT2D eigenvalue weighted by Crippen LogP contribution is -2.18. The fourth-order valence-electron chi connectivity index (χ4n) is 4.18. The molecule has 0 N–H and O–H groups in total. The molecule has 34 heavy (non-hydrogen) atoms.